The van der Waals surface area contributed by atoms with Crippen LogP contribution in [0, 0.1) is 5.82 Å². The minimum absolute atomic E-state index is 0.137. The van der Waals surface area contributed by atoms with Gasteiger partial charge in [-0.3, -0.25) is 9.59 Å². The number of hydrogen-bond acceptors (Lipinski definition) is 9. The number of carbonyl (C=O) groups excluding carboxylic acids is 2. The van der Waals surface area contributed by atoms with Crippen molar-refractivity contribution in [2.75, 3.05) is 22.6 Å². The van der Waals surface area contributed by atoms with Gasteiger partial charge in [0.1, 0.15) is 5.82 Å². The molecule has 0 saturated carbocycles. The second-order valence-electron chi connectivity index (χ2n) is 8.68. The normalized spacial score (nSPS) is 11.1. The summed E-state index contributed by atoms with van der Waals surface area (Å²) in [6, 6.07) is 18.9. The van der Waals surface area contributed by atoms with Gasteiger partial charge >= 0.3 is 0 Å². The highest BCUT2D eigenvalue weighted by molar-refractivity contribution is 8.01. The number of nitrogens with one attached hydrogen (secondary N) is 2. The van der Waals surface area contributed by atoms with E-state index in [1.54, 1.807) is 30.3 Å². The Morgan fingerprint density at radius 3 is 2.50 bits per heavy atom. The summed E-state index contributed by atoms with van der Waals surface area (Å²) in [6.45, 7) is 0.335. The standard InChI is InChI=1S/C27H24FN7O2S3/c1-35-25(17-4-8-19(29)9-5-17)33-34-26(35)38-15-24(37)31-20-10-11-21-22(12-20)40-27(32-21)39-14-23(36)30-13-16-2-6-18(28)7-3-16/h2-12H,13-15,29H2,1H3,(H,30,36)(H,31,37). The lowest BCUT2D eigenvalue weighted by Crippen LogP contribution is -2.24. The van der Waals surface area contributed by atoms with Crippen molar-refractivity contribution in [3.8, 4) is 11.4 Å². The lowest BCUT2D eigenvalue weighted by Gasteiger charge is -2.06. The van der Waals surface area contributed by atoms with Gasteiger partial charge in [0.2, 0.25) is 11.8 Å². The summed E-state index contributed by atoms with van der Waals surface area (Å²) in [5, 5.41) is 14.8. The zero-order chi connectivity index (χ0) is 28.1. The number of thioether (sulfide) groups is 2. The van der Waals surface area contributed by atoms with Crippen molar-refractivity contribution in [2.45, 2.75) is 16.0 Å². The topological polar surface area (TPSA) is 128 Å². The van der Waals surface area contributed by atoms with E-state index in [0.717, 1.165) is 25.7 Å². The van der Waals surface area contributed by atoms with Crippen LogP contribution in [-0.2, 0) is 23.2 Å². The Morgan fingerprint density at radius 2 is 1.73 bits per heavy atom. The van der Waals surface area contributed by atoms with Crippen LogP contribution in [0.15, 0.2) is 76.2 Å². The molecule has 9 nitrogen and oxygen atoms in total. The van der Waals surface area contributed by atoms with Crippen molar-refractivity contribution >= 4 is 68.3 Å². The van der Waals surface area contributed by atoms with Crippen LogP contribution in [-0.4, -0.2) is 43.1 Å². The summed E-state index contributed by atoms with van der Waals surface area (Å²) < 4.78 is 16.5. The van der Waals surface area contributed by atoms with E-state index >= 15 is 0 Å². The van der Waals surface area contributed by atoms with Crippen LogP contribution in [0.1, 0.15) is 5.56 Å². The number of nitrogens with two attached hydrogens (primary N) is 1. The van der Waals surface area contributed by atoms with Crippen molar-refractivity contribution in [3.63, 3.8) is 0 Å². The van der Waals surface area contributed by atoms with Crippen LogP contribution >= 0.6 is 34.9 Å². The molecule has 0 aliphatic rings. The van der Waals surface area contributed by atoms with Gasteiger partial charge in [-0.1, -0.05) is 35.7 Å². The first-order valence-electron chi connectivity index (χ1n) is 12.1. The van der Waals surface area contributed by atoms with Crippen molar-refractivity contribution in [3.05, 3.63) is 78.1 Å². The molecule has 4 N–H and O–H groups in total. The summed E-state index contributed by atoms with van der Waals surface area (Å²) in [5.41, 5.74) is 9.60. The molecule has 204 valence electrons. The van der Waals surface area contributed by atoms with Crippen molar-refractivity contribution in [1.29, 1.82) is 0 Å². The van der Waals surface area contributed by atoms with Gasteiger partial charge in [0.15, 0.2) is 15.3 Å². The second kappa shape index (κ2) is 12.5. The highest BCUT2D eigenvalue weighted by Gasteiger charge is 2.14. The summed E-state index contributed by atoms with van der Waals surface area (Å²) in [5.74, 6) is 0.458. The number of nitrogens with zero attached hydrogens (tertiary/aromatic N) is 4. The van der Waals surface area contributed by atoms with Crippen molar-refractivity contribution in [1.82, 2.24) is 25.1 Å². The number of anilines is 2. The summed E-state index contributed by atoms with van der Waals surface area (Å²) in [6.07, 6.45) is 0. The SMILES string of the molecule is Cn1c(SCC(=O)Nc2ccc3nc(SCC(=O)NCc4ccc(F)cc4)sc3c2)nnc1-c1ccc(N)cc1. The number of benzene rings is 3. The predicted molar refractivity (Wildman–Crippen MR) is 159 cm³/mol. The molecule has 2 aromatic heterocycles. The van der Waals surface area contributed by atoms with Gasteiger partial charge in [0, 0.05) is 30.5 Å². The van der Waals surface area contributed by atoms with Gasteiger partial charge < -0.3 is 20.9 Å². The number of aromatic nitrogens is 4. The summed E-state index contributed by atoms with van der Waals surface area (Å²) >= 11 is 4.10. The number of amides is 2. The third-order valence-electron chi connectivity index (χ3n) is 5.72. The van der Waals surface area contributed by atoms with Crippen LogP contribution in [0.5, 0.6) is 0 Å². The van der Waals surface area contributed by atoms with Gasteiger partial charge in [-0.05, 0) is 60.2 Å². The molecule has 0 fully saturated rings. The molecule has 40 heavy (non-hydrogen) atoms. The Morgan fingerprint density at radius 1 is 0.975 bits per heavy atom. The zero-order valence-electron chi connectivity index (χ0n) is 21.3. The van der Waals surface area contributed by atoms with E-state index < -0.39 is 0 Å². The number of halogens is 1. The number of thiazole rings is 1. The number of fused-ring (bicyclic) bond motifs is 1. The van der Waals surface area contributed by atoms with Gasteiger partial charge in [-0.15, -0.1) is 21.5 Å². The average molecular weight is 594 g/mol. The number of carbonyl (C=O) groups is 2. The molecule has 3 aromatic carbocycles. The highest BCUT2D eigenvalue weighted by atomic mass is 32.2. The minimum atomic E-state index is -0.311. The molecule has 5 aromatic rings. The molecular formula is C27H24FN7O2S3. The Kier molecular flexibility index (Phi) is 8.63. The fourth-order valence-electron chi connectivity index (χ4n) is 3.68. The van der Waals surface area contributed by atoms with E-state index in [1.165, 1.54) is 47.0 Å². The van der Waals surface area contributed by atoms with E-state index in [-0.39, 0.29) is 29.1 Å². The molecule has 2 heterocycles. The Labute approximate surface area is 241 Å². The molecule has 13 heteroatoms. The maximum Gasteiger partial charge on any atom is 0.234 e. The Balaban J connectivity index is 1.12. The Bertz CT molecular complexity index is 1650. The first-order chi connectivity index (χ1) is 19.3. The lowest BCUT2D eigenvalue weighted by atomic mass is 10.2. The van der Waals surface area contributed by atoms with Crippen LogP contribution < -0.4 is 16.4 Å². The largest absolute Gasteiger partial charge is 0.399 e. The lowest BCUT2D eigenvalue weighted by molar-refractivity contribution is -0.118. The third-order valence-corrected chi connectivity index (χ3v) is 8.90. The molecule has 0 aliphatic carbocycles. The molecule has 2 amide bonds. The van der Waals surface area contributed by atoms with Crippen LogP contribution in [0.3, 0.4) is 0 Å². The molecule has 0 unspecified atom stereocenters. The van der Waals surface area contributed by atoms with Crippen LogP contribution in [0.25, 0.3) is 21.6 Å². The first-order valence-corrected chi connectivity index (χ1v) is 14.9. The Hall–Kier alpha value is -3.94. The third kappa shape index (κ3) is 6.97. The van der Waals surface area contributed by atoms with Crippen LogP contribution in [0.2, 0.25) is 0 Å². The van der Waals surface area contributed by atoms with E-state index in [9.17, 15) is 14.0 Å². The van der Waals surface area contributed by atoms with Crippen molar-refractivity contribution < 1.29 is 14.0 Å². The monoisotopic (exact) mass is 593 g/mol. The molecule has 0 radical (unpaired) electrons. The van der Waals surface area contributed by atoms with E-state index in [4.69, 9.17) is 5.73 Å². The molecule has 0 spiro atoms. The van der Waals surface area contributed by atoms with Gasteiger partial charge in [0.05, 0.1) is 21.7 Å². The van der Waals surface area contributed by atoms with E-state index in [0.29, 0.717) is 28.9 Å². The summed E-state index contributed by atoms with van der Waals surface area (Å²) in [4.78, 5) is 29.4. The summed E-state index contributed by atoms with van der Waals surface area (Å²) in [7, 11) is 1.86. The maximum atomic E-state index is 13.0. The number of nitrogen functional groups attached to an aromatic ring is 1. The quantitative estimate of drug-likeness (QED) is 0.153. The number of hydrogen-bond donors (Lipinski definition) is 3. The van der Waals surface area contributed by atoms with Crippen LogP contribution in [0.4, 0.5) is 15.8 Å². The highest BCUT2D eigenvalue weighted by Crippen LogP contribution is 2.31. The van der Waals surface area contributed by atoms with Gasteiger partial charge in [-0.25, -0.2) is 9.37 Å². The van der Waals surface area contributed by atoms with Gasteiger partial charge in [-0.2, -0.15) is 0 Å². The molecule has 0 bridgehead atoms. The smallest absolute Gasteiger partial charge is 0.234 e. The molecular weight excluding hydrogens is 570 g/mol. The fraction of sp³-hybridized carbons (Fsp3) is 0.148. The average Bonchev–Trinajstić information content (AvgIpc) is 3.53. The van der Waals surface area contributed by atoms with Crippen molar-refractivity contribution in [2.24, 2.45) is 7.05 Å². The zero-order valence-corrected chi connectivity index (χ0v) is 23.7. The fourth-order valence-corrected chi connectivity index (χ4v) is 6.32. The predicted octanol–water partition coefficient (Wildman–Crippen LogP) is 4.95. The molecule has 0 aliphatic heterocycles. The molecule has 0 atom stereocenters. The molecule has 0 saturated heterocycles. The first kappa shape index (κ1) is 27.6. The van der Waals surface area contributed by atoms with E-state index in [1.807, 2.05) is 35.9 Å². The van der Waals surface area contributed by atoms with E-state index in [2.05, 4.69) is 25.8 Å². The van der Waals surface area contributed by atoms with Gasteiger partial charge in [0.25, 0.3) is 0 Å². The molecule has 5 rings (SSSR count). The minimum Gasteiger partial charge on any atom is -0.399 e. The maximum absolute atomic E-state index is 13.0. The second-order valence-corrected chi connectivity index (χ2v) is 11.9. The number of rotatable bonds is 10.